The summed E-state index contributed by atoms with van der Waals surface area (Å²) in [4.78, 5) is 40.2. The Kier molecular flexibility index (Phi) is 5.40. The van der Waals surface area contributed by atoms with Gasteiger partial charge in [-0.3, -0.25) is 14.4 Å². The number of nitrogens with zero attached hydrogens (tertiary/aromatic N) is 2. The molecule has 136 valence electrons. The van der Waals surface area contributed by atoms with Gasteiger partial charge < -0.3 is 19.5 Å². The Morgan fingerprint density at radius 1 is 1.16 bits per heavy atom. The summed E-state index contributed by atoms with van der Waals surface area (Å²) in [5.74, 6) is -0.136. The lowest BCUT2D eigenvalue weighted by Crippen LogP contribution is -2.51. The number of hydrogen-bond acceptors (Lipinski definition) is 4. The molecule has 1 N–H and O–H groups in total. The number of hydrogen-bond donors (Lipinski definition) is 1. The quantitative estimate of drug-likeness (QED) is 0.782. The second-order valence-corrected chi connectivity index (χ2v) is 6.69. The first kappa shape index (κ1) is 17.5. The van der Waals surface area contributed by atoms with Gasteiger partial charge in [-0.15, -0.1) is 0 Å². The molecule has 1 aromatic heterocycles. The highest BCUT2D eigenvalue weighted by Gasteiger charge is 2.49. The molecule has 1 saturated heterocycles. The van der Waals surface area contributed by atoms with E-state index in [0.717, 1.165) is 12.8 Å². The van der Waals surface area contributed by atoms with Crippen LogP contribution in [-0.4, -0.2) is 60.2 Å². The number of piperazine rings is 1. The maximum Gasteiger partial charge on any atom is 0.289 e. The molecule has 1 aliphatic heterocycles. The second-order valence-electron chi connectivity index (χ2n) is 6.69. The highest BCUT2D eigenvalue weighted by atomic mass is 16.3. The van der Waals surface area contributed by atoms with Crippen LogP contribution in [0.1, 0.15) is 36.7 Å². The van der Waals surface area contributed by atoms with E-state index in [1.54, 1.807) is 21.9 Å². The van der Waals surface area contributed by atoms with E-state index >= 15 is 0 Å². The fourth-order valence-corrected chi connectivity index (χ4v) is 3.20. The lowest BCUT2D eigenvalue weighted by atomic mass is 10.2. The van der Waals surface area contributed by atoms with E-state index in [0.29, 0.717) is 44.9 Å². The summed E-state index contributed by atoms with van der Waals surface area (Å²) in [5, 5.41) is 2.90. The lowest BCUT2D eigenvalue weighted by Gasteiger charge is -2.34. The van der Waals surface area contributed by atoms with Gasteiger partial charge in [-0.2, -0.15) is 0 Å². The van der Waals surface area contributed by atoms with Gasteiger partial charge in [-0.25, -0.2) is 0 Å². The van der Waals surface area contributed by atoms with Crippen LogP contribution >= 0.6 is 0 Å². The van der Waals surface area contributed by atoms with E-state index in [4.69, 9.17) is 4.42 Å². The van der Waals surface area contributed by atoms with Crippen molar-refractivity contribution >= 4 is 17.7 Å². The van der Waals surface area contributed by atoms with Crippen molar-refractivity contribution in [3.05, 3.63) is 24.2 Å². The topological polar surface area (TPSA) is 82.9 Å². The molecule has 7 heteroatoms. The molecule has 25 heavy (non-hydrogen) atoms. The molecule has 2 atom stereocenters. The number of carbonyl (C=O) groups excluding carboxylic acids is 3. The number of furan rings is 1. The third-order valence-corrected chi connectivity index (χ3v) is 4.88. The van der Waals surface area contributed by atoms with E-state index in [9.17, 15) is 14.4 Å². The minimum Gasteiger partial charge on any atom is -0.459 e. The van der Waals surface area contributed by atoms with Crippen molar-refractivity contribution in [1.29, 1.82) is 0 Å². The Balaban J connectivity index is 1.43. The molecular formula is C18H25N3O4. The van der Waals surface area contributed by atoms with Gasteiger partial charge in [-0.05, 0) is 25.0 Å². The van der Waals surface area contributed by atoms with Crippen molar-refractivity contribution in [3.8, 4) is 0 Å². The second kappa shape index (κ2) is 7.72. The van der Waals surface area contributed by atoms with E-state index in [1.807, 2.05) is 0 Å². The summed E-state index contributed by atoms with van der Waals surface area (Å²) in [7, 11) is 0. The van der Waals surface area contributed by atoms with Crippen molar-refractivity contribution in [2.75, 3.05) is 32.7 Å². The van der Waals surface area contributed by atoms with Crippen molar-refractivity contribution in [2.45, 2.75) is 26.2 Å². The first-order chi connectivity index (χ1) is 12.1. The Hall–Kier alpha value is -2.31. The molecule has 7 nitrogen and oxygen atoms in total. The number of rotatable bonds is 6. The Morgan fingerprint density at radius 3 is 2.52 bits per heavy atom. The van der Waals surface area contributed by atoms with E-state index in [1.165, 1.54) is 6.26 Å². The smallest absolute Gasteiger partial charge is 0.289 e. The maximum absolute atomic E-state index is 12.5. The first-order valence-corrected chi connectivity index (χ1v) is 9.01. The van der Waals surface area contributed by atoms with Gasteiger partial charge in [0.2, 0.25) is 11.8 Å². The lowest BCUT2D eigenvalue weighted by molar-refractivity contribution is -0.136. The molecule has 0 bridgehead atoms. The summed E-state index contributed by atoms with van der Waals surface area (Å²) in [6, 6.07) is 3.33. The molecule has 3 rings (SSSR count). The monoisotopic (exact) mass is 347 g/mol. The molecule has 0 radical (unpaired) electrons. The SMILES string of the molecule is CCCCNC(=O)C1CC1C(=O)N1CCN(C(=O)c2ccco2)CC1. The molecule has 1 aromatic rings. The van der Waals surface area contributed by atoms with Crippen LogP contribution in [0.25, 0.3) is 0 Å². The first-order valence-electron chi connectivity index (χ1n) is 9.01. The molecule has 2 unspecified atom stereocenters. The van der Waals surface area contributed by atoms with Gasteiger partial charge in [0.1, 0.15) is 0 Å². The zero-order chi connectivity index (χ0) is 17.8. The van der Waals surface area contributed by atoms with Crippen molar-refractivity contribution in [2.24, 2.45) is 11.8 Å². The number of nitrogens with one attached hydrogen (secondary N) is 1. The van der Waals surface area contributed by atoms with Crippen molar-refractivity contribution in [3.63, 3.8) is 0 Å². The fraction of sp³-hybridized carbons (Fsp3) is 0.611. The van der Waals surface area contributed by atoms with E-state index < -0.39 is 0 Å². The van der Waals surface area contributed by atoms with Crippen LogP contribution in [0.3, 0.4) is 0 Å². The molecule has 2 aliphatic rings. The average molecular weight is 347 g/mol. The summed E-state index contributed by atoms with van der Waals surface area (Å²) < 4.78 is 5.14. The van der Waals surface area contributed by atoms with Crippen LogP contribution < -0.4 is 5.32 Å². The van der Waals surface area contributed by atoms with Crippen LogP contribution in [0.4, 0.5) is 0 Å². The molecule has 3 amide bonds. The highest BCUT2D eigenvalue weighted by Crippen LogP contribution is 2.40. The maximum atomic E-state index is 12.5. The van der Waals surface area contributed by atoms with Crippen LogP contribution in [0, 0.1) is 11.8 Å². The predicted octanol–water partition coefficient (Wildman–Crippen LogP) is 1.12. The van der Waals surface area contributed by atoms with Gasteiger partial charge in [-0.1, -0.05) is 13.3 Å². The van der Waals surface area contributed by atoms with Crippen LogP contribution in [-0.2, 0) is 9.59 Å². The molecule has 1 aliphatic carbocycles. The number of carbonyl (C=O) groups is 3. The van der Waals surface area contributed by atoms with Crippen molar-refractivity contribution < 1.29 is 18.8 Å². The fourth-order valence-electron chi connectivity index (χ4n) is 3.20. The van der Waals surface area contributed by atoms with Crippen LogP contribution in [0.2, 0.25) is 0 Å². The minimum atomic E-state index is -0.186. The Morgan fingerprint density at radius 2 is 1.88 bits per heavy atom. The number of unbranched alkanes of at least 4 members (excludes halogenated alkanes) is 1. The third-order valence-electron chi connectivity index (χ3n) is 4.88. The summed E-state index contributed by atoms with van der Waals surface area (Å²) in [6.07, 6.45) is 4.12. The Bertz CT molecular complexity index is 620. The third kappa shape index (κ3) is 4.03. The van der Waals surface area contributed by atoms with E-state index in [-0.39, 0.29) is 29.6 Å². The van der Waals surface area contributed by atoms with Crippen LogP contribution in [0.5, 0.6) is 0 Å². The van der Waals surface area contributed by atoms with Crippen LogP contribution in [0.15, 0.2) is 22.8 Å². The predicted molar refractivity (Wildman–Crippen MR) is 90.7 cm³/mol. The molecule has 2 fully saturated rings. The molecular weight excluding hydrogens is 322 g/mol. The van der Waals surface area contributed by atoms with Gasteiger partial charge in [0.05, 0.1) is 18.1 Å². The highest BCUT2D eigenvalue weighted by molar-refractivity contribution is 5.93. The number of amides is 3. The molecule has 0 spiro atoms. The van der Waals surface area contributed by atoms with Gasteiger partial charge in [0, 0.05) is 32.7 Å². The molecule has 1 saturated carbocycles. The summed E-state index contributed by atoms with van der Waals surface area (Å²) in [6.45, 7) is 4.75. The summed E-state index contributed by atoms with van der Waals surface area (Å²) >= 11 is 0. The molecule has 0 aromatic carbocycles. The van der Waals surface area contributed by atoms with Crippen molar-refractivity contribution in [1.82, 2.24) is 15.1 Å². The molecule has 2 heterocycles. The van der Waals surface area contributed by atoms with Gasteiger partial charge >= 0.3 is 0 Å². The summed E-state index contributed by atoms with van der Waals surface area (Å²) in [5.41, 5.74) is 0. The largest absolute Gasteiger partial charge is 0.459 e. The standard InChI is InChI=1S/C18H25N3O4/c1-2-3-6-19-16(22)13-12-14(13)17(23)20-7-9-21(10-8-20)18(24)15-5-4-11-25-15/h4-5,11,13-14H,2-3,6-10,12H2,1H3,(H,19,22). The minimum absolute atomic E-state index is 0.00145. The normalized spacial score (nSPS) is 22.6. The van der Waals surface area contributed by atoms with Gasteiger partial charge in [0.25, 0.3) is 5.91 Å². The Labute approximate surface area is 147 Å². The zero-order valence-electron chi connectivity index (χ0n) is 14.6. The average Bonchev–Trinajstić information content (AvgIpc) is 3.25. The zero-order valence-corrected chi connectivity index (χ0v) is 14.6. The van der Waals surface area contributed by atoms with Gasteiger partial charge in [0.15, 0.2) is 5.76 Å². The van der Waals surface area contributed by atoms with E-state index in [2.05, 4.69) is 12.2 Å².